The Morgan fingerprint density at radius 3 is 3.00 bits per heavy atom. The van der Waals surface area contributed by atoms with Crippen LogP contribution in [0.15, 0.2) is 12.2 Å². The van der Waals surface area contributed by atoms with E-state index in [1.54, 1.807) is 0 Å². The molecule has 0 spiro atoms. The number of hydrogen-bond donors (Lipinski definition) is 1. The fourth-order valence-electron chi connectivity index (χ4n) is 1.47. The lowest BCUT2D eigenvalue weighted by Crippen LogP contribution is -2.11. The quantitative estimate of drug-likeness (QED) is 0.460. The highest BCUT2D eigenvalue weighted by Crippen LogP contribution is 2.45. The molecular weight excluding hydrogens is 100 g/mol. The molecule has 1 nitrogen and oxygen atoms in total. The summed E-state index contributed by atoms with van der Waals surface area (Å²) < 4.78 is 0. The van der Waals surface area contributed by atoms with Crippen LogP contribution in [0.3, 0.4) is 0 Å². The van der Waals surface area contributed by atoms with E-state index >= 15 is 0 Å². The molecule has 0 heterocycles. The smallest absolute Gasteiger partial charge is 0.0608 e. The van der Waals surface area contributed by atoms with Crippen molar-refractivity contribution in [3.05, 3.63) is 12.2 Å². The van der Waals surface area contributed by atoms with Crippen molar-refractivity contribution < 1.29 is 5.11 Å². The van der Waals surface area contributed by atoms with E-state index in [-0.39, 0.29) is 6.10 Å². The Balaban J connectivity index is 2.13. The number of fused-ring (bicyclic) bond motifs is 1. The minimum Gasteiger partial charge on any atom is -0.392 e. The molecule has 0 aromatic carbocycles. The van der Waals surface area contributed by atoms with Crippen LogP contribution in [0.1, 0.15) is 12.8 Å². The predicted octanol–water partition coefficient (Wildman–Crippen LogP) is 0.943. The normalized spacial score (nSPS) is 50.9. The monoisotopic (exact) mass is 110 g/mol. The van der Waals surface area contributed by atoms with Crippen LogP contribution in [0.5, 0.6) is 0 Å². The second-order valence-corrected chi connectivity index (χ2v) is 2.79. The maximum absolute atomic E-state index is 9.17. The summed E-state index contributed by atoms with van der Waals surface area (Å²) in [4.78, 5) is 0. The minimum atomic E-state index is -0.00926. The molecule has 1 fully saturated rings. The third-order valence-corrected chi connectivity index (χ3v) is 2.15. The highest BCUT2D eigenvalue weighted by molar-refractivity contribution is 5.10. The van der Waals surface area contributed by atoms with Gasteiger partial charge in [0.1, 0.15) is 0 Å². The van der Waals surface area contributed by atoms with Gasteiger partial charge in [0, 0.05) is 0 Å². The average molecular weight is 110 g/mol. The summed E-state index contributed by atoms with van der Waals surface area (Å²) in [5.74, 6) is 1.39. The molecule has 1 heteroatoms. The maximum Gasteiger partial charge on any atom is 0.0608 e. The topological polar surface area (TPSA) is 20.2 Å². The van der Waals surface area contributed by atoms with Crippen molar-refractivity contribution in [1.29, 1.82) is 0 Å². The van der Waals surface area contributed by atoms with Gasteiger partial charge in [-0.25, -0.2) is 0 Å². The fraction of sp³-hybridized carbons (Fsp3) is 0.714. The molecule has 2 rings (SSSR count). The molecule has 0 radical (unpaired) electrons. The highest BCUT2D eigenvalue weighted by Gasteiger charge is 2.41. The molecule has 1 saturated carbocycles. The van der Waals surface area contributed by atoms with Crippen molar-refractivity contribution >= 4 is 0 Å². The number of hydrogen-bond acceptors (Lipinski definition) is 1. The zero-order valence-electron chi connectivity index (χ0n) is 4.75. The van der Waals surface area contributed by atoms with Crippen molar-refractivity contribution in [1.82, 2.24) is 0 Å². The van der Waals surface area contributed by atoms with Gasteiger partial charge >= 0.3 is 0 Å². The van der Waals surface area contributed by atoms with Gasteiger partial charge < -0.3 is 5.11 Å². The molecule has 8 heavy (non-hydrogen) atoms. The van der Waals surface area contributed by atoms with Crippen LogP contribution >= 0.6 is 0 Å². The molecule has 44 valence electrons. The first-order valence-corrected chi connectivity index (χ1v) is 3.22. The molecule has 0 aromatic rings. The Morgan fingerprint density at radius 1 is 1.50 bits per heavy atom. The van der Waals surface area contributed by atoms with Crippen LogP contribution in [0, 0.1) is 11.8 Å². The lowest BCUT2D eigenvalue weighted by atomic mass is 10.1. The second-order valence-electron chi connectivity index (χ2n) is 2.79. The van der Waals surface area contributed by atoms with Crippen molar-refractivity contribution in [2.75, 3.05) is 0 Å². The molecule has 0 bridgehead atoms. The van der Waals surface area contributed by atoms with E-state index in [0.29, 0.717) is 5.92 Å². The third-order valence-electron chi connectivity index (χ3n) is 2.15. The lowest BCUT2D eigenvalue weighted by Gasteiger charge is -2.08. The number of aliphatic hydroxyl groups excluding tert-OH is 1. The molecule has 0 amide bonds. The molecule has 1 N–H and O–H groups in total. The second kappa shape index (κ2) is 1.35. The molecular formula is C7H10O. The van der Waals surface area contributed by atoms with Crippen LogP contribution in [0.2, 0.25) is 0 Å². The fourth-order valence-corrected chi connectivity index (χ4v) is 1.47. The zero-order valence-corrected chi connectivity index (χ0v) is 4.75. The third kappa shape index (κ3) is 0.511. The first-order chi connectivity index (χ1) is 3.88. The van der Waals surface area contributed by atoms with Gasteiger partial charge in [-0.3, -0.25) is 0 Å². The van der Waals surface area contributed by atoms with E-state index in [9.17, 15) is 0 Å². The summed E-state index contributed by atoms with van der Waals surface area (Å²) in [7, 11) is 0. The van der Waals surface area contributed by atoms with E-state index < -0.39 is 0 Å². The summed E-state index contributed by atoms with van der Waals surface area (Å²) in [6, 6.07) is 0. The van der Waals surface area contributed by atoms with Crippen molar-refractivity contribution in [2.45, 2.75) is 18.9 Å². The lowest BCUT2D eigenvalue weighted by molar-refractivity contribution is 0.147. The Morgan fingerprint density at radius 2 is 2.38 bits per heavy atom. The van der Waals surface area contributed by atoms with Gasteiger partial charge in [0.15, 0.2) is 0 Å². The van der Waals surface area contributed by atoms with E-state index in [1.165, 1.54) is 6.42 Å². The largest absolute Gasteiger partial charge is 0.392 e. The van der Waals surface area contributed by atoms with Gasteiger partial charge in [0.05, 0.1) is 6.10 Å². The van der Waals surface area contributed by atoms with Gasteiger partial charge in [-0.15, -0.1) is 0 Å². The molecule has 0 aromatic heterocycles. The summed E-state index contributed by atoms with van der Waals surface area (Å²) in [6.07, 6.45) is 6.44. The van der Waals surface area contributed by atoms with Crippen LogP contribution in [-0.2, 0) is 0 Å². The van der Waals surface area contributed by atoms with Gasteiger partial charge in [-0.1, -0.05) is 12.2 Å². The average Bonchev–Trinajstić information content (AvgIpc) is 2.45. The molecule has 0 saturated heterocycles. The van der Waals surface area contributed by atoms with Gasteiger partial charge in [-0.2, -0.15) is 0 Å². The molecule has 3 unspecified atom stereocenters. The Labute approximate surface area is 49.0 Å². The first-order valence-electron chi connectivity index (χ1n) is 3.22. The van der Waals surface area contributed by atoms with E-state index in [4.69, 9.17) is 5.11 Å². The Hall–Kier alpha value is -0.300. The van der Waals surface area contributed by atoms with Gasteiger partial charge in [0.2, 0.25) is 0 Å². The van der Waals surface area contributed by atoms with Gasteiger partial charge in [-0.05, 0) is 24.7 Å². The molecule has 0 aliphatic heterocycles. The van der Waals surface area contributed by atoms with E-state index in [2.05, 4.69) is 12.2 Å². The van der Waals surface area contributed by atoms with Crippen LogP contribution in [0.4, 0.5) is 0 Å². The standard InChI is InChI=1S/C7H10O/c8-7-3-1-2-5-4-6(5)7/h1-2,5-8H,3-4H2. The number of allylic oxidation sites excluding steroid dienone is 1. The van der Waals surface area contributed by atoms with Crippen molar-refractivity contribution in [3.63, 3.8) is 0 Å². The first kappa shape index (κ1) is 4.57. The summed E-state index contributed by atoms with van der Waals surface area (Å²) in [5.41, 5.74) is 0. The molecule has 2 aliphatic carbocycles. The van der Waals surface area contributed by atoms with Crippen molar-refractivity contribution in [3.8, 4) is 0 Å². The highest BCUT2D eigenvalue weighted by atomic mass is 16.3. The van der Waals surface area contributed by atoms with Crippen LogP contribution in [-0.4, -0.2) is 11.2 Å². The molecule has 2 aliphatic rings. The zero-order chi connectivity index (χ0) is 5.56. The van der Waals surface area contributed by atoms with Crippen LogP contribution in [0.25, 0.3) is 0 Å². The molecule has 3 atom stereocenters. The summed E-state index contributed by atoms with van der Waals surface area (Å²) in [6.45, 7) is 0. The van der Waals surface area contributed by atoms with Gasteiger partial charge in [0.25, 0.3) is 0 Å². The SMILES string of the molecule is OC1CC=CC2CC12. The predicted molar refractivity (Wildman–Crippen MR) is 31.4 cm³/mol. The Bertz CT molecular complexity index is 128. The Kier molecular flexibility index (Phi) is 0.770. The number of aliphatic hydroxyl groups is 1. The maximum atomic E-state index is 9.17. The van der Waals surface area contributed by atoms with E-state index in [0.717, 1.165) is 12.3 Å². The summed E-state index contributed by atoms with van der Waals surface area (Å²) in [5, 5.41) is 9.17. The minimum absolute atomic E-state index is 0.00926. The van der Waals surface area contributed by atoms with Crippen LogP contribution < -0.4 is 0 Å². The van der Waals surface area contributed by atoms with E-state index in [1.807, 2.05) is 0 Å². The number of rotatable bonds is 0. The summed E-state index contributed by atoms with van der Waals surface area (Å²) >= 11 is 0. The van der Waals surface area contributed by atoms with Crippen molar-refractivity contribution in [2.24, 2.45) is 11.8 Å².